The molecule has 1 aromatic heterocycles. The van der Waals surface area contributed by atoms with Gasteiger partial charge in [-0.15, -0.1) is 0 Å². The summed E-state index contributed by atoms with van der Waals surface area (Å²) in [4.78, 5) is 22.5. The van der Waals surface area contributed by atoms with Crippen LogP contribution >= 0.6 is 0 Å². The van der Waals surface area contributed by atoms with Gasteiger partial charge in [-0.05, 0) is 57.4 Å². The number of carbonyl (C=O) groups excluding carboxylic acids is 1. The van der Waals surface area contributed by atoms with E-state index in [0.29, 0.717) is 5.91 Å². The lowest BCUT2D eigenvalue weighted by Crippen LogP contribution is -2.51. The van der Waals surface area contributed by atoms with E-state index in [-0.39, 0.29) is 11.5 Å². The first-order valence-corrected chi connectivity index (χ1v) is 12.2. The van der Waals surface area contributed by atoms with E-state index in [1.54, 1.807) is 0 Å². The van der Waals surface area contributed by atoms with E-state index in [0.717, 1.165) is 76.1 Å². The SMILES string of the molecule is CC1CCC(C(=O)N2CCC3(CC2)OCCn2c(CN(C)CC4CC4)cnc23)CC1. The second-order valence-electron chi connectivity index (χ2n) is 10.5. The van der Waals surface area contributed by atoms with Crippen LogP contribution in [0.2, 0.25) is 0 Å². The summed E-state index contributed by atoms with van der Waals surface area (Å²) in [5.41, 5.74) is 1.01. The number of aromatic nitrogens is 2. The third kappa shape index (κ3) is 4.05. The van der Waals surface area contributed by atoms with Crippen LogP contribution in [0.1, 0.15) is 69.8 Å². The van der Waals surface area contributed by atoms with Gasteiger partial charge in [0.25, 0.3) is 0 Å². The quantitative estimate of drug-likeness (QED) is 0.741. The van der Waals surface area contributed by atoms with E-state index in [9.17, 15) is 4.79 Å². The number of ether oxygens (including phenoxy) is 1. The van der Waals surface area contributed by atoms with Gasteiger partial charge in [0.05, 0.1) is 12.3 Å². The second-order valence-corrected chi connectivity index (χ2v) is 10.5. The average Bonchev–Trinajstić information content (AvgIpc) is 3.47. The zero-order valence-corrected chi connectivity index (χ0v) is 18.8. The Labute approximate surface area is 181 Å². The Hall–Kier alpha value is -1.40. The van der Waals surface area contributed by atoms with Gasteiger partial charge < -0.3 is 19.1 Å². The molecule has 0 atom stereocenters. The lowest BCUT2D eigenvalue weighted by atomic mass is 9.81. The highest BCUT2D eigenvalue weighted by Gasteiger charge is 2.45. The van der Waals surface area contributed by atoms with Crippen molar-refractivity contribution < 1.29 is 9.53 Å². The Morgan fingerprint density at radius 1 is 1.17 bits per heavy atom. The number of likely N-dealkylation sites (tertiary alicyclic amines) is 1. The summed E-state index contributed by atoms with van der Waals surface area (Å²) < 4.78 is 8.79. The molecule has 1 saturated heterocycles. The van der Waals surface area contributed by atoms with Crippen LogP contribution in [0.3, 0.4) is 0 Å². The monoisotopic (exact) mass is 414 g/mol. The Morgan fingerprint density at radius 3 is 2.60 bits per heavy atom. The van der Waals surface area contributed by atoms with Crippen LogP contribution in [0.4, 0.5) is 0 Å². The molecule has 166 valence electrons. The van der Waals surface area contributed by atoms with Gasteiger partial charge in [0.2, 0.25) is 5.91 Å². The van der Waals surface area contributed by atoms with E-state index in [1.165, 1.54) is 37.9 Å². The topological polar surface area (TPSA) is 50.6 Å². The summed E-state index contributed by atoms with van der Waals surface area (Å²) in [6.45, 7) is 7.71. The minimum absolute atomic E-state index is 0.248. The molecule has 5 rings (SSSR count). The molecule has 2 saturated carbocycles. The highest BCUT2D eigenvalue weighted by Crippen LogP contribution is 2.40. The fourth-order valence-electron chi connectivity index (χ4n) is 5.85. The molecular weight excluding hydrogens is 376 g/mol. The number of carbonyl (C=O) groups is 1. The first-order valence-electron chi connectivity index (χ1n) is 12.2. The van der Waals surface area contributed by atoms with Crippen molar-refractivity contribution in [3.05, 3.63) is 17.7 Å². The smallest absolute Gasteiger partial charge is 0.225 e. The molecule has 0 radical (unpaired) electrons. The molecule has 0 unspecified atom stereocenters. The van der Waals surface area contributed by atoms with Gasteiger partial charge in [-0.25, -0.2) is 4.98 Å². The molecule has 2 aliphatic carbocycles. The summed E-state index contributed by atoms with van der Waals surface area (Å²) in [5, 5.41) is 0. The molecule has 30 heavy (non-hydrogen) atoms. The summed E-state index contributed by atoms with van der Waals surface area (Å²) >= 11 is 0. The normalized spacial score (nSPS) is 28.7. The molecule has 1 amide bonds. The largest absolute Gasteiger partial charge is 0.365 e. The first-order chi connectivity index (χ1) is 14.5. The molecule has 2 aliphatic heterocycles. The maximum atomic E-state index is 13.1. The van der Waals surface area contributed by atoms with E-state index < -0.39 is 0 Å². The molecule has 1 aromatic rings. The number of amides is 1. The van der Waals surface area contributed by atoms with Crippen LogP contribution in [-0.4, -0.2) is 58.5 Å². The fourth-order valence-corrected chi connectivity index (χ4v) is 5.85. The van der Waals surface area contributed by atoms with E-state index in [2.05, 4.69) is 34.5 Å². The fraction of sp³-hybridized carbons (Fsp3) is 0.833. The highest BCUT2D eigenvalue weighted by atomic mass is 16.5. The third-order valence-corrected chi connectivity index (χ3v) is 7.99. The van der Waals surface area contributed by atoms with Crippen molar-refractivity contribution in [1.82, 2.24) is 19.4 Å². The zero-order valence-electron chi connectivity index (χ0n) is 18.8. The number of imidazole rings is 1. The van der Waals surface area contributed by atoms with Gasteiger partial charge in [-0.2, -0.15) is 0 Å². The van der Waals surface area contributed by atoms with Crippen molar-refractivity contribution in [2.75, 3.05) is 33.3 Å². The first kappa shape index (κ1) is 20.5. The van der Waals surface area contributed by atoms with Crippen molar-refractivity contribution in [3.63, 3.8) is 0 Å². The molecule has 3 heterocycles. The Bertz CT molecular complexity index is 755. The van der Waals surface area contributed by atoms with Gasteiger partial charge in [-0.3, -0.25) is 4.79 Å². The van der Waals surface area contributed by atoms with Crippen LogP contribution in [0, 0.1) is 17.8 Å². The van der Waals surface area contributed by atoms with Gasteiger partial charge in [-0.1, -0.05) is 6.92 Å². The summed E-state index contributed by atoms with van der Waals surface area (Å²) in [7, 11) is 2.23. The number of nitrogens with zero attached hydrogens (tertiary/aromatic N) is 4. The predicted molar refractivity (Wildman–Crippen MR) is 116 cm³/mol. The third-order valence-electron chi connectivity index (χ3n) is 7.99. The van der Waals surface area contributed by atoms with Crippen LogP contribution in [0.15, 0.2) is 6.20 Å². The Kier molecular flexibility index (Phi) is 5.65. The maximum absolute atomic E-state index is 13.1. The summed E-state index contributed by atoms with van der Waals surface area (Å²) in [6, 6.07) is 0. The van der Waals surface area contributed by atoms with E-state index >= 15 is 0 Å². The van der Waals surface area contributed by atoms with Gasteiger partial charge >= 0.3 is 0 Å². The number of rotatable bonds is 5. The van der Waals surface area contributed by atoms with Crippen LogP contribution in [0.5, 0.6) is 0 Å². The van der Waals surface area contributed by atoms with Gasteiger partial charge in [0.1, 0.15) is 11.4 Å². The number of hydrogen-bond donors (Lipinski definition) is 0. The van der Waals surface area contributed by atoms with Crippen molar-refractivity contribution in [2.24, 2.45) is 17.8 Å². The molecule has 6 heteroatoms. The highest BCUT2D eigenvalue weighted by molar-refractivity contribution is 5.79. The average molecular weight is 415 g/mol. The minimum Gasteiger partial charge on any atom is -0.365 e. The molecule has 0 aromatic carbocycles. The van der Waals surface area contributed by atoms with Crippen LogP contribution in [0.25, 0.3) is 0 Å². The van der Waals surface area contributed by atoms with Gasteiger partial charge in [0.15, 0.2) is 0 Å². The standard InChI is InChI=1S/C24H38N4O2/c1-18-3-7-20(8-4-18)22(29)27-11-9-24(10-12-27)23-25-15-21(28(23)13-14-30-24)17-26(2)16-19-5-6-19/h15,18-20H,3-14,16-17H2,1-2H3. The lowest BCUT2D eigenvalue weighted by Gasteiger charge is -2.44. The maximum Gasteiger partial charge on any atom is 0.225 e. The van der Waals surface area contributed by atoms with Crippen molar-refractivity contribution in [3.8, 4) is 0 Å². The minimum atomic E-state index is -0.302. The van der Waals surface area contributed by atoms with Gasteiger partial charge in [0, 0.05) is 57.7 Å². The Morgan fingerprint density at radius 2 is 1.90 bits per heavy atom. The summed E-state index contributed by atoms with van der Waals surface area (Å²) in [6.07, 6.45) is 11.1. The zero-order chi connectivity index (χ0) is 20.7. The molecule has 3 fully saturated rings. The molecule has 0 N–H and O–H groups in total. The second kappa shape index (κ2) is 8.27. The number of hydrogen-bond acceptors (Lipinski definition) is 4. The van der Waals surface area contributed by atoms with Crippen molar-refractivity contribution in [1.29, 1.82) is 0 Å². The molecule has 6 nitrogen and oxygen atoms in total. The number of piperidine rings is 1. The predicted octanol–water partition coefficient (Wildman–Crippen LogP) is 3.40. The van der Waals surface area contributed by atoms with E-state index in [1.807, 2.05) is 0 Å². The lowest BCUT2D eigenvalue weighted by molar-refractivity contribution is -0.149. The molecule has 4 aliphatic rings. The molecule has 0 bridgehead atoms. The van der Waals surface area contributed by atoms with E-state index in [4.69, 9.17) is 9.72 Å². The van der Waals surface area contributed by atoms with Crippen molar-refractivity contribution in [2.45, 2.75) is 77.0 Å². The number of fused-ring (bicyclic) bond motifs is 2. The summed E-state index contributed by atoms with van der Waals surface area (Å²) in [5.74, 6) is 3.42. The molecular formula is C24H38N4O2. The van der Waals surface area contributed by atoms with Crippen molar-refractivity contribution >= 4 is 5.91 Å². The van der Waals surface area contributed by atoms with Crippen LogP contribution in [-0.2, 0) is 28.2 Å². The molecule has 1 spiro atoms. The Balaban J connectivity index is 1.23. The van der Waals surface area contributed by atoms with Crippen LogP contribution < -0.4 is 0 Å².